The van der Waals surface area contributed by atoms with E-state index in [2.05, 4.69) is 11.7 Å². The molecule has 0 bridgehead atoms. The zero-order chi connectivity index (χ0) is 21.9. The van der Waals surface area contributed by atoms with Crippen molar-refractivity contribution >= 4 is 33.4 Å². The van der Waals surface area contributed by atoms with Crippen LogP contribution in [0, 0.1) is 0 Å². The Morgan fingerprint density at radius 2 is 1.87 bits per heavy atom. The first-order chi connectivity index (χ1) is 14.2. The summed E-state index contributed by atoms with van der Waals surface area (Å²) in [5, 5.41) is 10.6. The van der Waals surface area contributed by atoms with E-state index in [0.717, 1.165) is 5.56 Å². The Labute approximate surface area is 175 Å². The fourth-order valence-corrected chi connectivity index (χ4v) is 3.36. The van der Waals surface area contributed by atoms with E-state index in [9.17, 15) is 13.2 Å². The Bertz CT molecular complexity index is 1150. The maximum Gasteiger partial charge on any atom is 0.280 e. The molecule has 0 saturated carbocycles. The molecular weight excluding hydrogens is 406 g/mol. The lowest BCUT2D eigenvalue weighted by Crippen LogP contribution is -2.21. The largest absolute Gasteiger partial charge is 0.493 e. The van der Waals surface area contributed by atoms with E-state index < -0.39 is 10.0 Å². The normalized spacial score (nSPS) is 15.3. The van der Waals surface area contributed by atoms with E-state index in [1.807, 2.05) is 0 Å². The van der Waals surface area contributed by atoms with Gasteiger partial charge < -0.3 is 9.47 Å². The highest BCUT2D eigenvalue weighted by Gasteiger charge is 2.29. The number of methoxy groups -OCH3 is 1. The number of carbonyl (C=O) groups is 1. The van der Waals surface area contributed by atoms with Crippen molar-refractivity contribution < 1.29 is 22.7 Å². The van der Waals surface area contributed by atoms with Gasteiger partial charge in [0, 0.05) is 0 Å². The predicted molar refractivity (Wildman–Crippen MR) is 115 cm³/mol. The van der Waals surface area contributed by atoms with Crippen molar-refractivity contribution in [1.29, 1.82) is 0 Å². The molecule has 2 aromatic rings. The number of amides is 1. The van der Waals surface area contributed by atoms with Gasteiger partial charge >= 0.3 is 0 Å². The molecule has 0 fully saturated rings. The summed E-state index contributed by atoms with van der Waals surface area (Å²) in [6, 6.07) is 10.9. The number of benzene rings is 2. The highest BCUT2D eigenvalue weighted by molar-refractivity contribution is 7.89. The van der Waals surface area contributed by atoms with Gasteiger partial charge in [0.2, 0.25) is 10.0 Å². The minimum atomic E-state index is -3.81. The first-order valence-electron chi connectivity index (χ1n) is 8.91. The second kappa shape index (κ2) is 8.52. The van der Waals surface area contributed by atoms with E-state index in [1.165, 1.54) is 36.4 Å². The van der Waals surface area contributed by atoms with Crippen LogP contribution in [0.2, 0.25) is 0 Å². The molecule has 1 aliphatic rings. The van der Waals surface area contributed by atoms with Gasteiger partial charge in [-0.25, -0.2) is 13.6 Å². The summed E-state index contributed by atoms with van der Waals surface area (Å²) in [7, 11) is -2.28. The van der Waals surface area contributed by atoms with Gasteiger partial charge in [-0.05, 0) is 55.0 Å². The fourth-order valence-electron chi connectivity index (χ4n) is 2.84. The minimum Gasteiger partial charge on any atom is -0.493 e. The number of carbonyl (C=O) groups excluding carboxylic acids is 1. The summed E-state index contributed by atoms with van der Waals surface area (Å²) in [4.78, 5) is 12.9. The van der Waals surface area contributed by atoms with Crippen LogP contribution in [0.4, 0.5) is 5.69 Å². The van der Waals surface area contributed by atoms with Crippen molar-refractivity contribution in [3.8, 4) is 11.5 Å². The monoisotopic (exact) mass is 427 g/mol. The first-order valence-corrected chi connectivity index (χ1v) is 10.5. The molecule has 156 valence electrons. The molecule has 2 aromatic carbocycles. The average molecular weight is 427 g/mol. The average Bonchev–Trinajstić information content (AvgIpc) is 3.00. The standard InChI is InChI=1S/C21H21N3O5S/c1-4-11-29-19-10-5-15(13-20(19)28-3)12-18-14(2)23-24(21(18)25)16-6-8-17(9-7-16)30(22,26)27/h4-10,12-13H,1,11H2,2-3H3,(H2,22,26,27)/b18-12-. The smallest absolute Gasteiger partial charge is 0.280 e. The van der Waals surface area contributed by atoms with Gasteiger partial charge in [-0.3, -0.25) is 4.79 Å². The number of hydrazone groups is 1. The van der Waals surface area contributed by atoms with Crippen LogP contribution < -0.4 is 19.6 Å². The van der Waals surface area contributed by atoms with E-state index in [1.54, 1.807) is 37.3 Å². The van der Waals surface area contributed by atoms with Crippen LogP contribution in [0.3, 0.4) is 0 Å². The fraction of sp³-hybridized carbons (Fsp3) is 0.143. The molecule has 0 atom stereocenters. The van der Waals surface area contributed by atoms with Gasteiger partial charge in [0.1, 0.15) is 6.61 Å². The molecular formula is C21H21N3O5S. The Morgan fingerprint density at radius 3 is 2.47 bits per heavy atom. The molecule has 0 spiro atoms. The quantitative estimate of drug-likeness (QED) is 0.539. The molecule has 0 unspecified atom stereocenters. The van der Waals surface area contributed by atoms with Gasteiger partial charge in [-0.1, -0.05) is 18.7 Å². The van der Waals surface area contributed by atoms with Crippen molar-refractivity contribution in [2.45, 2.75) is 11.8 Å². The third kappa shape index (κ3) is 4.42. The molecule has 0 aliphatic carbocycles. The van der Waals surface area contributed by atoms with Crippen LogP contribution >= 0.6 is 0 Å². The summed E-state index contributed by atoms with van der Waals surface area (Å²) in [5.41, 5.74) is 2.11. The summed E-state index contributed by atoms with van der Waals surface area (Å²) >= 11 is 0. The molecule has 0 aromatic heterocycles. The summed E-state index contributed by atoms with van der Waals surface area (Å²) in [6.45, 7) is 5.69. The molecule has 0 saturated heterocycles. The van der Waals surface area contributed by atoms with Crippen molar-refractivity contribution in [2.24, 2.45) is 10.2 Å². The Balaban J connectivity index is 1.88. The number of hydrogen-bond donors (Lipinski definition) is 1. The number of nitrogens with two attached hydrogens (primary N) is 1. The molecule has 9 heteroatoms. The lowest BCUT2D eigenvalue weighted by Gasteiger charge is -2.12. The van der Waals surface area contributed by atoms with E-state index in [0.29, 0.717) is 35.1 Å². The maximum atomic E-state index is 12.9. The number of primary sulfonamides is 1. The molecule has 0 radical (unpaired) electrons. The predicted octanol–water partition coefficient (Wildman–Crippen LogP) is 2.71. The second-order valence-electron chi connectivity index (χ2n) is 6.41. The van der Waals surface area contributed by atoms with Crippen LogP contribution in [-0.4, -0.2) is 33.8 Å². The lowest BCUT2D eigenvalue weighted by atomic mass is 10.1. The number of sulfonamides is 1. The molecule has 30 heavy (non-hydrogen) atoms. The number of hydrogen-bond acceptors (Lipinski definition) is 6. The second-order valence-corrected chi connectivity index (χ2v) is 7.97. The highest BCUT2D eigenvalue weighted by atomic mass is 32.2. The van der Waals surface area contributed by atoms with Gasteiger partial charge in [0.15, 0.2) is 11.5 Å². The molecule has 3 rings (SSSR count). The molecule has 1 heterocycles. The molecule has 1 amide bonds. The van der Waals surface area contributed by atoms with Gasteiger partial charge in [-0.2, -0.15) is 10.1 Å². The summed E-state index contributed by atoms with van der Waals surface area (Å²) in [5.74, 6) is 0.766. The number of rotatable bonds is 7. The third-order valence-electron chi connectivity index (χ3n) is 4.33. The Kier molecular flexibility index (Phi) is 6.04. The molecule has 1 aliphatic heterocycles. The van der Waals surface area contributed by atoms with Crippen LogP contribution in [0.1, 0.15) is 12.5 Å². The van der Waals surface area contributed by atoms with Crippen molar-refractivity contribution in [1.82, 2.24) is 0 Å². The van der Waals surface area contributed by atoms with E-state index in [4.69, 9.17) is 14.6 Å². The summed E-state index contributed by atoms with van der Waals surface area (Å²) < 4.78 is 33.7. The van der Waals surface area contributed by atoms with Gasteiger partial charge in [0.25, 0.3) is 5.91 Å². The van der Waals surface area contributed by atoms with Gasteiger partial charge in [0.05, 0.1) is 29.0 Å². The van der Waals surface area contributed by atoms with Crippen LogP contribution in [0.5, 0.6) is 11.5 Å². The maximum absolute atomic E-state index is 12.9. The Morgan fingerprint density at radius 1 is 1.17 bits per heavy atom. The Hall–Kier alpha value is -3.43. The number of anilines is 1. The van der Waals surface area contributed by atoms with E-state index in [-0.39, 0.29) is 10.8 Å². The number of ether oxygens (including phenoxy) is 2. The minimum absolute atomic E-state index is 0.0415. The number of nitrogens with zero attached hydrogens (tertiary/aromatic N) is 2. The first kappa shape index (κ1) is 21.3. The zero-order valence-corrected chi connectivity index (χ0v) is 17.3. The van der Waals surface area contributed by atoms with Crippen LogP contribution in [0.15, 0.2) is 70.7 Å². The topological polar surface area (TPSA) is 111 Å². The van der Waals surface area contributed by atoms with Crippen molar-refractivity contribution in [2.75, 3.05) is 18.7 Å². The third-order valence-corrected chi connectivity index (χ3v) is 5.26. The zero-order valence-electron chi connectivity index (χ0n) is 16.5. The van der Waals surface area contributed by atoms with Crippen LogP contribution in [-0.2, 0) is 14.8 Å². The van der Waals surface area contributed by atoms with Gasteiger partial charge in [-0.15, -0.1) is 0 Å². The lowest BCUT2D eigenvalue weighted by molar-refractivity contribution is -0.114. The van der Waals surface area contributed by atoms with Crippen molar-refractivity contribution in [3.63, 3.8) is 0 Å². The summed E-state index contributed by atoms with van der Waals surface area (Å²) in [6.07, 6.45) is 3.34. The highest BCUT2D eigenvalue weighted by Crippen LogP contribution is 2.31. The molecule has 8 nitrogen and oxygen atoms in total. The SMILES string of the molecule is C=CCOc1ccc(/C=C2\C(=O)N(c3ccc(S(N)(=O)=O)cc3)N=C2C)cc1OC. The van der Waals surface area contributed by atoms with Crippen LogP contribution in [0.25, 0.3) is 6.08 Å². The molecule has 2 N–H and O–H groups in total. The van der Waals surface area contributed by atoms with E-state index >= 15 is 0 Å². The van der Waals surface area contributed by atoms with Crippen molar-refractivity contribution in [3.05, 3.63) is 66.3 Å².